The molecule has 2 aromatic heterocycles. The number of para-hydroxylation sites is 1. The molecule has 0 bridgehead atoms. The quantitative estimate of drug-likeness (QED) is 0.716. The molecule has 3 heterocycles. The fourth-order valence-corrected chi connectivity index (χ4v) is 3.44. The van der Waals surface area contributed by atoms with E-state index in [4.69, 9.17) is 0 Å². The predicted octanol–water partition coefficient (Wildman–Crippen LogP) is 3.66. The van der Waals surface area contributed by atoms with Crippen molar-refractivity contribution < 1.29 is 0 Å². The second-order valence-corrected chi connectivity index (χ2v) is 5.83. The van der Waals surface area contributed by atoms with Gasteiger partial charge in [0, 0.05) is 18.4 Å². The van der Waals surface area contributed by atoms with E-state index in [2.05, 4.69) is 66.7 Å². The van der Waals surface area contributed by atoms with E-state index in [1.54, 1.807) is 0 Å². The predicted molar refractivity (Wildman–Crippen MR) is 84.1 cm³/mol. The molecule has 100 valence electrons. The van der Waals surface area contributed by atoms with Gasteiger partial charge >= 0.3 is 0 Å². The van der Waals surface area contributed by atoms with Gasteiger partial charge in [-0.15, -0.1) is 0 Å². The van der Waals surface area contributed by atoms with Crippen LogP contribution in [0.3, 0.4) is 0 Å². The van der Waals surface area contributed by atoms with Crippen LogP contribution in [0, 0.1) is 0 Å². The molecule has 0 unspecified atom stereocenters. The smallest absolute Gasteiger partial charge is 0.134 e. The number of anilines is 1. The third-order valence-corrected chi connectivity index (χ3v) is 4.48. The minimum absolute atomic E-state index is 0.841. The molecule has 1 aliphatic rings. The molecule has 0 saturated carbocycles. The van der Waals surface area contributed by atoms with Crippen molar-refractivity contribution in [2.24, 2.45) is 0 Å². The summed E-state index contributed by atoms with van der Waals surface area (Å²) in [4.78, 5) is 7.07. The van der Waals surface area contributed by atoms with E-state index >= 15 is 0 Å². The van der Waals surface area contributed by atoms with E-state index in [-0.39, 0.29) is 0 Å². The standard InChI is InChI=1S/C16H14BrN3/c17-16-14-7-3-4-9-20(14)15(18-16)11-19-10-8-12-5-1-2-6-13(12)19/h1-7,9H,8,10-11H2. The minimum Gasteiger partial charge on any atom is -0.363 e. The number of imidazole rings is 1. The van der Waals surface area contributed by atoms with Crippen molar-refractivity contribution in [3.05, 3.63) is 64.7 Å². The van der Waals surface area contributed by atoms with Crippen LogP contribution in [0.1, 0.15) is 11.4 Å². The van der Waals surface area contributed by atoms with Crippen molar-refractivity contribution in [1.29, 1.82) is 0 Å². The van der Waals surface area contributed by atoms with Crippen LogP contribution in [0.25, 0.3) is 5.52 Å². The highest BCUT2D eigenvalue weighted by molar-refractivity contribution is 9.10. The second kappa shape index (κ2) is 4.63. The highest BCUT2D eigenvalue weighted by Crippen LogP contribution is 2.29. The number of halogens is 1. The van der Waals surface area contributed by atoms with E-state index in [0.29, 0.717) is 0 Å². The number of hydrogen-bond acceptors (Lipinski definition) is 2. The van der Waals surface area contributed by atoms with Gasteiger partial charge in [-0.1, -0.05) is 24.3 Å². The van der Waals surface area contributed by atoms with Gasteiger partial charge in [0.1, 0.15) is 10.4 Å². The summed E-state index contributed by atoms with van der Waals surface area (Å²) in [5.41, 5.74) is 3.90. The molecule has 3 aromatic rings. The largest absolute Gasteiger partial charge is 0.363 e. The average Bonchev–Trinajstić information content (AvgIpc) is 3.03. The first-order chi connectivity index (χ1) is 9.83. The third kappa shape index (κ3) is 1.83. The van der Waals surface area contributed by atoms with Crippen LogP contribution in [0.4, 0.5) is 5.69 Å². The molecule has 0 atom stereocenters. The molecule has 20 heavy (non-hydrogen) atoms. The first-order valence-electron chi connectivity index (χ1n) is 6.77. The lowest BCUT2D eigenvalue weighted by atomic mass is 10.2. The van der Waals surface area contributed by atoms with Crippen molar-refractivity contribution in [2.75, 3.05) is 11.4 Å². The number of nitrogens with zero attached hydrogens (tertiary/aromatic N) is 3. The molecule has 4 rings (SSSR count). The molecule has 0 amide bonds. The van der Waals surface area contributed by atoms with E-state index in [0.717, 1.165) is 35.5 Å². The summed E-state index contributed by atoms with van der Waals surface area (Å²) in [5.74, 6) is 1.07. The fraction of sp³-hybridized carbons (Fsp3) is 0.188. The van der Waals surface area contributed by atoms with Crippen LogP contribution in [0.5, 0.6) is 0 Å². The summed E-state index contributed by atoms with van der Waals surface area (Å²) >= 11 is 3.55. The van der Waals surface area contributed by atoms with Gasteiger partial charge < -0.3 is 9.30 Å². The molecule has 4 heteroatoms. The van der Waals surface area contributed by atoms with Gasteiger partial charge in [-0.05, 0) is 46.1 Å². The Bertz CT molecular complexity index is 778. The lowest BCUT2D eigenvalue weighted by Crippen LogP contribution is -2.21. The third-order valence-electron chi connectivity index (χ3n) is 3.89. The van der Waals surface area contributed by atoms with Crippen LogP contribution in [-0.4, -0.2) is 15.9 Å². The Hall–Kier alpha value is -1.81. The Labute approximate surface area is 126 Å². The van der Waals surface area contributed by atoms with Gasteiger partial charge in [-0.25, -0.2) is 4.98 Å². The Morgan fingerprint density at radius 2 is 1.95 bits per heavy atom. The first kappa shape index (κ1) is 12.0. The average molecular weight is 328 g/mol. The summed E-state index contributed by atoms with van der Waals surface area (Å²) < 4.78 is 3.07. The SMILES string of the molecule is Brc1nc(CN2CCc3ccccc32)n2ccccc12. The summed E-state index contributed by atoms with van der Waals surface area (Å²) in [6.45, 7) is 1.91. The summed E-state index contributed by atoms with van der Waals surface area (Å²) in [7, 11) is 0. The second-order valence-electron chi connectivity index (χ2n) is 5.07. The molecular weight excluding hydrogens is 314 g/mol. The van der Waals surface area contributed by atoms with Crippen molar-refractivity contribution in [1.82, 2.24) is 9.38 Å². The zero-order valence-corrected chi connectivity index (χ0v) is 12.5. The summed E-state index contributed by atoms with van der Waals surface area (Å²) in [6.07, 6.45) is 3.20. The monoisotopic (exact) mass is 327 g/mol. The zero-order chi connectivity index (χ0) is 13.5. The molecule has 0 fully saturated rings. The molecule has 0 aliphatic carbocycles. The van der Waals surface area contributed by atoms with Crippen molar-refractivity contribution in [2.45, 2.75) is 13.0 Å². The number of pyridine rings is 1. The summed E-state index contributed by atoms with van der Waals surface area (Å²) in [6, 6.07) is 14.8. The van der Waals surface area contributed by atoms with Crippen molar-refractivity contribution in [3.8, 4) is 0 Å². The van der Waals surface area contributed by atoms with E-state index in [9.17, 15) is 0 Å². The van der Waals surface area contributed by atoms with Crippen LogP contribution in [0.2, 0.25) is 0 Å². The van der Waals surface area contributed by atoms with Crippen LogP contribution >= 0.6 is 15.9 Å². The summed E-state index contributed by atoms with van der Waals surface area (Å²) in [5, 5.41) is 0. The molecule has 3 nitrogen and oxygen atoms in total. The Morgan fingerprint density at radius 1 is 1.10 bits per heavy atom. The minimum atomic E-state index is 0.841. The Morgan fingerprint density at radius 3 is 2.90 bits per heavy atom. The number of hydrogen-bond donors (Lipinski definition) is 0. The first-order valence-corrected chi connectivity index (χ1v) is 7.56. The van der Waals surface area contributed by atoms with Gasteiger partial charge in [-0.3, -0.25) is 0 Å². The van der Waals surface area contributed by atoms with Gasteiger partial charge in [0.2, 0.25) is 0 Å². The highest BCUT2D eigenvalue weighted by atomic mass is 79.9. The maximum Gasteiger partial charge on any atom is 0.134 e. The van der Waals surface area contributed by atoms with E-state index in [1.165, 1.54) is 11.3 Å². The van der Waals surface area contributed by atoms with Gasteiger partial charge in [0.25, 0.3) is 0 Å². The topological polar surface area (TPSA) is 20.5 Å². The molecule has 0 N–H and O–H groups in total. The lowest BCUT2D eigenvalue weighted by molar-refractivity contribution is 0.782. The molecular formula is C16H14BrN3. The van der Waals surface area contributed by atoms with E-state index in [1.807, 2.05) is 12.1 Å². The molecule has 0 spiro atoms. The van der Waals surface area contributed by atoms with Gasteiger partial charge in [0.05, 0.1) is 12.1 Å². The van der Waals surface area contributed by atoms with Crippen molar-refractivity contribution in [3.63, 3.8) is 0 Å². The molecule has 0 saturated heterocycles. The maximum atomic E-state index is 4.66. The van der Waals surface area contributed by atoms with Gasteiger partial charge in [-0.2, -0.15) is 0 Å². The number of rotatable bonds is 2. The molecule has 0 radical (unpaired) electrons. The number of fused-ring (bicyclic) bond motifs is 2. The van der Waals surface area contributed by atoms with Gasteiger partial charge in [0.15, 0.2) is 0 Å². The Balaban J connectivity index is 1.73. The molecule has 1 aliphatic heterocycles. The fourth-order valence-electron chi connectivity index (χ4n) is 2.91. The number of benzene rings is 1. The Kier molecular flexibility index (Phi) is 2.77. The van der Waals surface area contributed by atoms with Crippen LogP contribution in [0.15, 0.2) is 53.3 Å². The molecule has 1 aromatic carbocycles. The van der Waals surface area contributed by atoms with Crippen molar-refractivity contribution >= 4 is 27.1 Å². The highest BCUT2D eigenvalue weighted by Gasteiger charge is 2.20. The maximum absolute atomic E-state index is 4.66. The van der Waals surface area contributed by atoms with Crippen LogP contribution < -0.4 is 4.90 Å². The van der Waals surface area contributed by atoms with E-state index < -0.39 is 0 Å². The number of aromatic nitrogens is 2. The lowest BCUT2D eigenvalue weighted by Gasteiger charge is -2.18. The zero-order valence-electron chi connectivity index (χ0n) is 11.0. The van der Waals surface area contributed by atoms with Crippen LogP contribution in [-0.2, 0) is 13.0 Å². The normalized spacial score (nSPS) is 13.9.